The summed E-state index contributed by atoms with van der Waals surface area (Å²) in [4.78, 5) is 277. The van der Waals surface area contributed by atoms with Crippen LogP contribution < -0.4 is 37.4 Å². The van der Waals surface area contributed by atoms with Crippen LogP contribution in [-0.2, 0) is 91.0 Å². The zero-order valence-electron chi connectivity index (χ0n) is 74.9. The summed E-state index contributed by atoms with van der Waals surface area (Å²) >= 11 is 0. The topological polar surface area (TPSA) is 477 Å². The molecule has 0 saturated carbocycles. The molecule has 6 fully saturated rings. The van der Waals surface area contributed by atoms with Crippen molar-refractivity contribution < 1.29 is 101 Å². The number of likely N-dealkylation sites (tertiary alicyclic amines) is 6. The van der Waals surface area contributed by atoms with Crippen molar-refractivity contribution in [2.24, 2.45) is 35.5 Å². The molecule has 6 atom stereocenters. The molecule has 0 aliphatic carbocycles. The van der Waals surface area contributed by atoms with Crippen LogP contribution in [0.5, 0.6) is 0 Å². The molecule has 6 saturated heterocycles. The molecule has 0 aromatic heterocycles. The number of hydrogen-bond donors (Lipinski definition) is 8. The second-order valence-corrected chi connectivity index (χ2v) is 36.4. The van der Waals surface area contributed by atoms with Crippen molar-refractivity contribution in [1.82, 2.24) is 96.2 Å². The van der Waals surface area contributed by atoms with Crippen LogP contribution in [0.15, 0.2) is 0 Å². The number of carbonyl (C=O) groups is 19. The fraction of sp³-hybridized carbons (Fsp3) is 0.771. The van der Waals surface area contributed by atoms with E-state index in [-0.39, 0.29) is 140 Å². The summed E-state index contributed by atoms with van der Waals surface area (Å²) in [5.41, 5.74) is 0.738. The number of nitrogens with one attached hydrogen (secondary N) is 7. The van der Waals surface area contributed by atoms with Crippen LogP contribution in [0.4, 0.5) is 4.79 Å². The highest BCUT2D eigenvalue weighted by Gasteiger charge is 2.45. The molecular weight excluding hydrogens is 1600 g/mol. The Morgan fingerprint density at radius 2 is 0.447 bits per heavy atom. The summed E-state index contributed by atoms with van der Waals surface area (Å²) in [6, 6.07) is -5.78. The van der Waals surface area contributed by atoms with Crippen LogP contribution in [0, 0.1) is 35.5 Å². The maximum Gasteiger partial charge on any atom is 0.408 e. The molecule has 8 N–H and O–H groups in total. The van der Waals surface area contributed by atoms with Gasteiger partial charge in [0.25, 0.3) is 5.91 Å². The lowest BCUT2D eigenvalue weighted by atomic mass is 10.1. The molecule has 0 bridgehead atoms. The molecule has 0 unspecified atom stereocenters. The van der Waals surface area contributed by atoms with Gasteiger partial charge in [-0.05, 0) is 133 Å². The van der Waals surface area contributed by atoms with Crippen LogP contribution in [0.2, 0.25) is 0 Å². The minimum absolute atomic E-state index is 0.0305. The first-order valence-electron chi connectivity index (χ1n) is 43.6. The van der Waals surface area contributed by atoms with E-state index >= 15 is 0 Å². The third-order valence-corrected chi connectivity index (χ3v) is 21.6. The van der Waals surface area contributed by atoms with Crippen LogP contribution in [0.3, 0.4) is 0 Å². The fourth-order valence-electron chi connectivity index (χ4n) is 16.5. The molecule has 0 aromatic carbocycles. The van der Waals surface area contributed by atoms with E-state index in [2.05, 4.69) is 31.9 Å². The predicted molar refractivity (Wildman–Crippen MR) is 446 cm³/mol. The van der Waals surface area contributed by atoms with Gasteiger partial charge in [0.05, 0.1) is 65.4 Å². The van der Waals surface area contributed by atoms with Crippen LogP contribution >= 0.6 is 0 Å². The zero-order chi connectivity index (χ0) is 91.4. The first-order valence-corrected chi connectivity index (χ1v) is 43.6. The third kappa shape index (κ3) is 31.5. The summed E-state index contributed by atoms with van der Waals surface area (Å²) in [5, 5.41) is 24.5. The molecule has 123 heavy (non-hydrogen) atoms. The van der Waals surface area contributed by atoms with Gasteiger partial charge < -0.3 is 95.4 Å². The first kappa shape index (κ1) is 101. The van der Waals surface area contributed by atoms with Gasteiger partial charge in [0, 0.05) is 78.5 Å². The quantitative estimate of drug-likeness (QED) is 0.0253. The van der Waals surface area contributed by atoms with Gasteiger partial charge in [0.15, 0.2) is 0 Å². The van der Waals surface area contributed by atoms with E-state index in [0.29, 0.717) is 51.4 Å². The monoisotopic (exact) mass is 1740 g/mol. The maximum absolute atomic E-state index is 14.5. The Morgan fingerprint density at radius 3 is 0.602 bits per heavy atom. The summed E-state index contributed by atoms with van der Waals surface area (Å²) in [5.74, 6) is -11.3. The Labute approximate surface area is 722 Å². The van der Waals surface area contributed by atoms with Gasteiger partial charge in [0.1, 0.15) is 54.9 Å². The molecule has 6 aliphatic rings. The molecule has 6 heterocycles. The van der Waals surface area contributed by atoms with E-state index in [9.17, 15) is 91.1 Å². The normalized spacial score (nSPS) is 18.9. The highest BCUT2D eigenvalue weighted by molar-refractivity contribution is 5.99. The number of carbonyl (C=O) groups excluding carboxylic acids is 19. The van der Waals surface area contributed by atoms with Crippen molar-refractivity contribution in [3.8, 4) is 0 Å². The van der Waals surface area contributed by atoms with E-state index in [0.717, 1.165) is 0 Å². The van der Waals surface area contributed by atoms with Crippen molar-refractivity contribution >= 4 is 112 Å². The van der Waals surface area contributed by atoms with E-state index < -0.39 is 233 Å². The minimum Gasteiger partial charge on any atom is -0.444 e. The Bertz CT molecular complexity index is 3760. The highest BCUT2D eigenvalue weighted by Crippen LogP contribution is 2.28. The zero-order valence-corrected chi connectivity index (χ0v) is 74.9. The molecule has 40 heteroatoms. The number of nitrogens with zero attached hydrogens (tertiary/aromatic N) is 12. The van der Waals surface area contributed by atoms with Crippen LogP contribution in [0.25, 0.3) is 0 Å². The fourth-order valence-corrected chi connectivity index (χ4v) is 16.5. The van der Waals surface area contributed by atoms with E-state index in [4.69, 9.17) is 9.94 Å². The molecule has 0 radical (unpaired) electrons. The molecular formula is C83H137N19O21. The second-order valence-electron chi connectivity index (χ2n) is 36.4. The maximum atomic E-state index is 14.5. The van der Waals surface area contributed by atoms with Gasteiger partial charge >= 0.3 is 6.09 Å². The molecule has 19 amide bonds. The molecule has 40 nitrogen and oxygen atoms in total. The minimum atomic E-state index is -1.01. The van der Waals surface area contributed by atoms with Crippen LogP contribution in [0.1, 0.15) is 181 Å². The number of rotatable bonds is 42. The first-order chi connectivity index (χ1) is 57.9. The van der Waals surface area contributed by atoms with Gasteiger partial charge in [-0.3, -0.25) is 91.5 Å². The largest absolute Gasteiger partial charge is 0.444 e. The summed E-state index contributed by atoms with van der Waals surface area (Å²) in [6.45, 7) is 23.3. The lowest BCUT2D eigenvalue weighted by Crippen LogP contribution is -2.55. The Kier molecular flexibility index (Phi) is 39.7. The number of alkyl carbamates (subject to hydrolysis) is 1. The summed E-state index contributed by atoms with van der Waals surface area (Å²) in [7, 11) is 0. The molecule has 0 aromatic rings. The van der Waals surface area contributed by atoms with Gasteiger partial charge in [-0.1, -0.05) is 83.1 Å². The van der Waals surface area contributed by atoms with Crippen molar-refractivity contribution in [3.63, 3.8) is 0 Å². The van der Waals surface area contributed by atoms with Crippen molar-refractivity contribution in [3.05, 3.63) is 0 Å². The molecule has 0 spiro atoms. The molecule has 6 rings (SSSR count). The SMILES string of the molecule is CC(C)CN(CC(=O)NO)C(=O)[C@@H]1CCCN1C(=O)CNC(=O)CN(CC(C)C)C(=O)[C@@H]1CCCN1C(=O)CNC(=O)CN(CC(C)C)C(=O)[C@@H]1CCCN1C(=O)CNC(=O)CN(CC(C)C)C(=O)[C@@H]1CCCN1C(=O)CNC(=O)CN(CC(C)C)C(=O)[C@@H]1CCCN1C(=O)CNC(=O)CN(CC(C)C)C(=O)[C@@H]1CCCN1C(=O)CNC(=O)OC(C)(C)C. The average Bonchev–Trinajstić information content (AvgIpc) is 1.75. The Hall–Kier alpha value is -10.3. The smallest absolute Gasteiger partial charge is 0.408 e. The standard InChI is InChI=1S/C83H137N19O21/c1-52(2)40-91(76(115)58-22-17-29-98(58)71(110)35-85-66(105)48-93(42-54(5)6)78(117)60-24-19-31-100(60)73(112)37-87-68(107)50-95(44-56(9)10)80(119)62-26-21-33-102(62)75(114)39-89-82(121)123-83(13,14)15)46-64(103)84-34-70(109)97-28-16-23-59(97)77(116)92(41-53(3)4)47-65(104)86-36-72(111)99-30-18-25-61(99)79(118)94(43-55(7)8)49-67(106)88-38-74(113)101-32-20-27-63(101)81(120)96(45-57(11)12)51-69(108)90-122/h52-63,122H,16-51H2,1-15H3,(H,84,103)(H,85,105)(H,86,104)(H,87,107)(H,88,106)(H,89,121)(H,90,108)/t58-,59-,60-,61-,62-,63-/m0/s1. The summed E-state index contributed by atoms with van der Waals surface area (Å²) in [6.07, 6.45) is 3.63. The third-order valence-electron chi connectivity index (χ3n) is 21.6. The lowest BCUT2D eigenvalue weighted by molar-refractivity contribution is -0.147. The predicted octanol–water partition coefficient (Wildman–Crippen LogP) is -1.55. The number of amides is 19. The number of ether oxygens (including phenoxy) is 1. The molecule has 6 aliphatic heterocycles. The number of hydrogen-bond acceptors (Lipinski definition) is 21. The summed E-state index contributed by atoms with van der Waals surface area (Å²) < 4.78 is 5.24. The van der Waals surface area contributed by atoms with E-state index in [1.54, 1.807) is 20.8 Å². The Balaban J connectivity index is 0.965. The van der Waals surface area contributed by atoms with E-state index in [1.807, 2.05) is 83.1 Å². The van der Waals surface area contributed by atoms with Gasteiger partial charge in [-0.15, -0.1) is 0 Å². The molecule has 690 valence electrons. The highest BCUT2D eigenvalue weighted by atomic mass is 16.6. The Morgan fingerprint density at radius 1 is 0.285 bits per heavy atom. The van der Waals surface area contributed by atoms with Gasteiger partial charge in [-0.2, -0.15) is 0 Å². The van der Waals surface area contributed by atoms with Gasteiger partial charge in [0.2, 0.25) is 100 Å². The average molecular weight is 1740 g/mol. The number of hydroxylamine groups is 1. The second kappa shape index (κ2) is 48.1. The van der Waals surface area contributed by atoms with Crippen LogP contribution in [-0.4, -0.2) is 375 Å². The van der Waals surface area contributed by atoms with E-state index in [1.165, 1.54) is 64.3 Å². The van der Waals surface area contributed by atoms with Crippen molar-refractivity contribution in [2.75, 3.05) is 157 Å². The lowest BCUT2D eigenvalue weighted by Gasteiger charge is -2.32. The van der Waals surface area contributed by atoms with Crippen molar-refractivity contribution in [2.45, 2.75) is 223 Å². The van der Waals surface area contributed by atoms with Crippen molar-refractivity contribution in [1.29, 1.82) is 0 Å². The van der Waals surface area contributed by atoms with Gasteiger partial charge in [-0.25, -0.2) is 10.3 Å².